The van der Waals surface area contributed by atoms with E-state index in [1.54, 1.807) is 0 Å². The van der Waals surface area contributed by atoms with Gasteiger partial charge in [0.25, 0.3) is 5.91 Å². The SMILES string of the molecule is CN(CCN1CCCC1)C(=O)c1sccc1Br. The Hall–Kier alpha value is -0.390. The molecule has 2 heterocycles. The molecule has 0 atom stereocenters. The lowest BCUT2D eigenvalue weighted by Crippen LogP contribution is -2.35. The number of likely N-dealkylation sites (tertiary alicyclic amines) is 1. The van der Waals surface area contributed by atoms with Gasteiger partial charge in [0.1, 0.15) is 4.88 Å². The van der Waals surface area contributed by atoms with Gasteiger partial charge in [0.15, 0.2) is 0 Å². The van der Waals surface area contributed by atoms with E-state index < -0.39 is 0 Å². The summed E-state index contributed by atoms with van der Waals surface area (Å²) in [5, 5.41) is 1.94. The summed E-state index contributed by atoms with van der Waals surface area (Å²) in [7, 11) is 1.88. The minimum absolute atomic E-state index is 0.117. The van der Waals surface area contributed by atoms with Gasteiger partial charge < -0.3 is 9.80 Å². The molecular weight excluding hydrogens is 300 g/mol. The van der Waals surface area contributed by atoms with Crippen molar-refractivity contribution in [2.45, 2.75) is 12.8 Å². The van der Waals surface area contributed by atoms with Crippen molar-refractivity contribution in [3.63, 3.8) is 0 Å². The van der Waals surface area contributed by atoms with E-state index in [-0.39, 0.29) is 5.91 Å². The molecule has 1 aliphatic rings. The van der Waals surface area contributed by atoms with Gasteiger partial charge in [-0.2, -0.15) is 0 Å². The molecule has 2 rings (SSSR count). The van der Waals surface area contributed by atoms with Gasteiger partial charge in [-0.15, -0.1) is 11.3 Å². The first-order valence-corrected chi connectivity index (χ1v) is 7.56. The molecule has 1 saturated heterocycles. The van der Waals surface area contributed by atoms with Crippen molar-refractivity contribution in [3.05, 3.63) is 20.8 Å². The number of carbonyl (C=O) groups excluding carboxylic acids is 1. The van der Waals surface area contributed by atoms with Crippen LogP contribution in [0.3, 0.4) is 0 Å². The summed E-state index contributed by atoms with van der Waals surface area (Å²) >= 11 is 4.90. The molecule has 0 unspecified atom stereocenters. The molecule has 0 aliphatic carbocycles. The highest BCUT2D eigenvalue weighted by Crippen LogP contribution is 2.23. The average molecular weight is 317 g/mol. The smallest absolute Gasteiger partial charge is 0.264 e. The fourth-order valence-electron chi connectivity index (χ4n) is 2.02. The van der Waals surface area contributed by atoms with Gasteiger partial charge in [-0.1, -0.05) is 0 Å². The third-order valence-corrected chi connectivity index (χ3v) is 4.93. The predicted molar refractivity (Wildman–Crippen MR) is 74.7 cm³/mol. The van der Waals surface area contributed by atoms with Gasteiger partial charge in [-0.3, -0.25) is 4.79 Å². The van der Waals surface area contributed by atoms with Crippen LogP contribution in [-0.4, -0.2) is 48.9 Å². The number of hydrogen-bond acceptors (Lipinski definition) is 3. The molecule has 1 aromatic rings. The molecule has 0 saturated carbocycles. The Morgan fingerprint density at radius 1 is 1.53 bits per heavy atom. The van der Waals surface area contributed by atoms with Crippen LogP contribution in [0.5, 0.6) is 0 Å². The summed E-state index contributed by atoms with van der Waals surface area (Å²) in [5.41, 5.74) is 0. The number of carbonyl (C=O) groups is 1. The Morgan fingerprint density at radius 3 is 2.82 bits per heavy atom. The Morgan fingerprint density at radius 2 is 2.24 bits per heavy atom. The lowest BCUT2D eigenvalue weighted by molar-refractivity contribution is 0.0786. The number of rotatable bonds is 4. The molecule has 0 bridgehead atoms. The van der Waals surface area contributed by atoms with Crippen LogP contribution in [0.1, 0.15) is 22.5 Å². The fourth-order valence-corrected chi connectivity index (χ4v) is 3.55. The van der Waals surface area contributed by atoms with Crippen molar-refractivity contribution in [3.8, 4) is 0 Å². The predicted octanol–water partition coefficient (Wildman–Crippen LogP) is 2.68. The number of nitrogens with zero attached hydrogens (tertiary/aromatic N) is 2. The molecule has 17 heavy (non-hydrogen) atoms. The quantitative estimate of drug-likeness (QED) is 0.852. The number of thiophene rings is 1. The summed E-state index contributed by atoms with van der Waals surface area (Å²) in [6, 6.07) is 1.92. The standard InChI is InChI=1S/C12H17BrN2OS/c1-14(7-8-15-5-2-3-6-15)12(16)11-10(13)4-9-17-11/h4,9H,2-3,5-8H2,1H3. The fraction of sp³-hybridized carbons (Fsp3) is 0.583. The van der Waals surface area contributed by atoms with E-state index in [9.17, 15) is 4.79 Å². The molecule has 1 fully saturated rings. The lowest BCUT2D eigenvalue weighted by atomic mass is 10.4. The Balaban J connectivity index is 1.85. The zero-order chi connectivity index (χ0) is 12.3. The zero-order valence-corrected chi connectivity index (χ0v) is 12.4. The third kappa shape index (κ3) is 3.30. The largest absolute Gasteiger partial charge is 0.340 e. The Labute approximate surface area is 115 Å². The first kappa shape index (κ1) is 13.1. The molecule has 94 valence electrons. The van der Waals surface area contributed by atoms with Crippen molar-refractivity contribution in [2.24, 2.45) is 0 Å². The molecule has 1 aromatic heterocycles. The van der Waals surface area contributed by atoms with Crippen LogP contribution in [0.25, 0.3) is 0 Å². The molecule has 1 aliphatic heterocycles. The molecule has 0 spiro atoms. The first-order chi connectivity index (χ1) is 8.18. The van der Waals surface area contributed by atoms with Gasteiger partial charge in [-0.05, 0) is 53.3 Å². The first-order valence-electron chi connectivity index (χ1n) is 5.89. The summed E-state index contributed by atoms with van der Waals surface area (Å²) in [6.45, 7) is 4.17. The molecule has 0 N–H and O–H groups in total. The van der Waals surface area contributed by atoms with Crippen LogP contribution in [0.2, 0.25) is 0 Å². The van der Waals surface area contributed by atoms with Crippen LogP contribution >= 0.6 is 27.3 Å². The Bertz CT molecular complexity index is 388. The number of amides is 1. The highest BCUT2D eigenvalue weighted by atomic mass is 79.9. The van der Waals surface area contributed by atoms with E-state index in [4.69, 9.17) is 0 Å². The summed E-state index contributed by atoms with van der Waals surface area (Å²) < 4.78 is 0.903. The van der Waals surface area contributed by atoms with E-state index >= 15 is 0 Å². The Kier molecular flexibility index (Phi) is 4.59. The monoisotopic (exact) mass is 316 g/mol. The number of likely N-dealkylation sites (N-methyl/N-ethyl adjacent to an activating group) is 1. The van der Waals surface area contributed by atoms with Crippen LogP contribution < -0.4 is 0 Å². The normalized spacial score (nSPS) is 16.4. The summed E-state index contributed by atoms with van der Waals surface area (Å²) in [6.07, 6.45) is 2.60. The van der Waals surface area contributed by atoms with Crippen molar-refractivity contribution in [1.82, 2.24) is 9.80 Å². The van der Waals surface area contributed by atoms with Crippen molar-refractivity contribution >= 4 is 33.2 Å². The van der Waals surface area contributed by atoms with Crippen molar-refractivity contribution in [2.75, 3.05) is 33.2 Å². The van der Waals surface area contributed by atoms with Crippen LogP contribution in [0.4, 0.5) is 0 Å². The van der Waals surface area contributed by atoms with Crippen LogP contribution in [0.15, 0.2) is 15.9 Å². The van der Waals surface area contributed by atoms with E-state index in [2.05, 4.69) is 20.8 Å². The molecule has 0 radical (unpaired) electrons. The minimum atomic E-state index is 0.117. The van der Waals surface area contributed by atoms with E-state index in [0.717, 1.165) is 22.4 Å². The maximum absolute atomic E-state index is 12.1. The highest BCUT2D eigenvalue weighted by molar-refractivity contribution is 9.10. The summed E-state index contributed by atoms with van der Waals surface area (Å²) in [5.74, 6) is 0.117. The second kappa shape index (κ2) is 5.98. The molecule has 0 aromatic carbocycles. The average Bonchev–Trinajstić information content (AvgIpc) is 2.95. The molecular formula is C12H17BrN2OS. The maximum Gasteiger partial charge on any atom is 0.264 e. The van der Waals surface area contributed by atoms with Gasteiger partial charge in [-0.25, -0.2) is 0 Å². The second-order valence-electron chi connectivity index (χ2n) is 4.37. The summed E-state index contributed by atoms with van der Waals surface area (Å²) in [4.78, 5) is 17.2. The minimum Gasteiger partial charge on any atom is -0.340 e. The van der Waals surface area contributed by atoms with Crippen LogP contribution in [-0.2, 0) is 0 Å². The molecule has 5 heteroatoms. The lowest BCUT2D eigenvalue weighted by Gasteiger charge is -2.21. The van der Waals surface area contributed by atoms with Gasteiger partial charge >= 0.3 is 0 Å². The van der Waals surface area contributed by atoms with E-state index in [0.29, 0.717) is 0 Å². The number of halogens is 1. The van der Waals surface area contributed by atoms with E-state index in [1.165, 1.54) is 37.3 Å². The topological polar surface area (TPSA) is 23.6 Å². The second-order valence-corrected chi connectivity index (χ2v) is 6.14. The highest BCUT2D eigenvalue weighted by Gasteiger charge is 2.18. The van der Waals surface area contributed by atoms with Crippen molar-refractivity contribution < 1.29 is 4.79 Å². The number of hydrogen-bond donors (Lipinski definition) is 0. The van der Waals surface area contributed by atoms with Crippen LogP contribution in [0, 0.1) is 0 Å². The van der Waals surface area contributed by atoms with Gasteiger partial charge in [0.2, 0.25) is 0 Å². The van der Waals surface area contributed by atoms with Gasteiger partial charge in [0, 0.05) is 24.6 Å². The van der Waals surface area contributed by atoms with Gasteiger partial charge in [0.05, 0.1) is 0 Å². The molecule has 1 amide bonds. The zero-order valence-electron chi connectivity index (χ0n) is 9.99. The third-order valence-electron chi connectivity index (χ3n) is 3.11. The molecule has 3 nitrogen and oxygen atoms in total. The van der Waals surface area contributed by atoms with E-state index in [1.807, 2.05) is 23.4 Å². The maximum atomic E-state index is 12.1. The van der Waals surface area contributed by atoms with Crippen molar-refractivity contribution in [1.29, 1.82) is 0 Å².